The van der Waals surface area contributed by atoms with Crippen LogP contribution in [0.15, 0.2) is 53.4 Å². The van der Waals surface area contributed by atoms with Crippen molar-refractivity contribution in [3.05, 3.63) is 59.9 Å². The molecule has 160 valence electrons. The summed E-state index contributed by atoms with van der Waals surface area (Å²) >= 11 is 0. The van der Waals surface area contributed by atoms with Crippen LogP contribution in [0.5, 0.6) is 0 Å². The van der Waals surface area contributed by atoms with Gasteiger partial charge in [-0.25, -0.2) is 12.8 Å². The molecule has 3 atom stereocenters. The minimum absolute atomic E-state index is 0.0143. The van der Waals surface area contributed by atoms with Gasteiger partial charge in [-0.05, 0) is 67.1 Å². The Morgan fingerprint density at radius 2 is 1.93 bits per heavy atom. The van der Waals surface area contributed by atoms with Crippen LogP contribution in [0.4, 0.5) is 10.1 Å². The molecule has 1 saturated carbocycles. The van der Waals surface area contributed by atoms with E-state index in [2.05, 4.69) is 5.32 Å². The second kappa shape index (κ2) is 7.76. The topological polar surface area (TPSA) is 86.7 Å². The van der Waals surface area contributed by atoms with Crippen LogP contribution in [0.25, 0.3) is 0 Å². The van der Waals surface area contributed by atoms with E-state index in [1.54, 1.807) is 24.3 Å². The van der Waals surface area contributed by atoms with E-state index in [-0.39, 0.29) is 29.2 Å². The number of carbonyl (C=O) groups excluding carboxylic acids is 1. The van der Waals surface area contributed by atoms with Crippen molar-refractivity contribution in [1.29, 1.82) is 0 Å². The first-order chi connectivity index (χ1) is 14.2. The molecule has 0 unspecified atom stereocenters. The van der Waals surface area contributed by atoms with Crippen LogP contribution < -0.4 is 5.32 Å². The highest BCUT2D eigenvalue weighted by molar-refractivity contribution is 7.89. The molecule has 2 aliphatic rings. The van der Waals surface area contributed by atoms with Crippen molar-refractivity contribution in [1.82, 2.24) is 4.31 Å². The van der Waals surface area contributed by atoms with E-state index in [0.717, 1.165) is 12.8 Å². The molecule has 0 radical (unpaired) electrons. The number of halogens is 1. The summed E-state index contributed by atoms with van der Waals surface area (Å²) in [4.78, 5) is 11.3. The molecule has 0 aromatic heterocycles. The molecule has 30 heavy (non-hydrogen) atoms. The average molecular weight is 433 g/mol. The molecule has 2 N–H and O–H groups in total. The number of hydrogen-bond donors (Lipinski definition) is 2. The highest BCUT2D eigenvalue weighted by atomic mass is 32.2. The first kappa shape index (κ1) is 21.0. The maximum absolute atomic E-state index is 13.8. The van der Waals surface area contributed by atoms with Gasteiger partial charge in [-0.1, -0.05) is 12.1 Å². The second-order valence-corrected chi connectivity index (χ2v) is 10.2. The van der Waals surface area contributed by atoms with Crippen molar-refractivity contribution in [2.45, 2.75) is 36.7 Å². The predicted molar refractivity (Wildman–Crippen MR) is 111 cm³/mol. The van der Waals surface area contributed by atoms with Gasteiger partial charge in [-0.2, -0.15) is 4.31 Å². The monoisotopic (exact) mass is 432 g/mol. The van der Waals surface area contributed by atoms with Crippen LogP contribution in [0.1, 0.15) is 31.7 Å². The number of nitrogens with one attached hydrogen (secondary N) is 1. The van der Waals surface area contributed by atoms with Gasteiger partial charge in [0.1, 0.15) is 5.82 Å². The third-order valence-electron chi connectivity index (χ3n) is 6.29. The van der Waals surface area contributed by atoms with Gasteiger partial charge in [-0.3, -0.25) is 4.79 Å². The summed E-state index contributed by atoms with van der Waals surface area (Å²) in [7, 11) is -3.75. The average Bonchev–Trinajstić information content (AvgIpc) is 3.15. The number of sulfonamides is 1. The zero-order valence-corrected chi connectivity index (χ0v) is 17.5. The number of aliphatic hydroxyl groups is 1. The van der Waals surface area contributed by atoms with Crippen LogP contribution in [-0.2, 0) is 20.4 Å². The van der Waals surface area contributed by atoms with Crippen molar-refractivity contribution >= 4 is 21.6 Å². The molecule has 1 saturated heterocycles. The fourth-order valence-electron chi connectivity index (χ4n) is 4.86. The van der Waals surface area contributed by atoms with Gasteiger partial charge >= 0.3 is 0 Å². The number of amides is 1. The van der Waals surface area contributed by atoms with Gasteiger partial charge in [0.25, 0.3) is 0 Å². The highest BCUT2D eigenvalue weighted by Gasteiger charge is 2.52. The molecular weight excluding hydrogens is 407 g/mol. The first-order valence-corrected chi connectivity index (χ1v) is 11.5. The van der Waals surface area contributed by atoms with Crippen LogP contribution in [-0.4, -0.2) is 36.8 Å². The number of anilines is 1. The Morgan fingerprint density at radius 1 is 1.20 bits per heavy atom. The summed E-state index contributed by atoms with van der Waals surface area (Å²) in [5, 5.41) is 14.1. The molecule has 2 aromatic carbocycles. The summed E-state index contributed by atoms with van der Waals surface area (Å²) in [6.07, 6.45) is 2.07. The standard InChI is InChI=1S/C22H25FN2O4S/c1-15(26)24-19-7-9-20(10-8-19)30(28,29)25-13-16-4-3-11-22(27,21(16)14-25)17-5-2-6-18(23)12-17/h2,5-10,12,16,21,27H,3-4,11,13-14H2,1H3,(H,24,26)/t16-,21+,22-/m0/s1. The van der Waals surface area contributed by atoms with Gasteiger partial charge in [0, 0.05) is 31.6 Å². The molecule has 0 spiro atoms. The smallest absolute Gasteiger partial charge is 0.243 e. The molecular formula is C22H25FN2O4S. The Morgan fingerprint density at radius 3 is 2.60 bits per heavy atom. The Kier molecular flexibility index (Phi) is 5.42. The number of rotatable bonds is 4. The normalized spacial score (nSPS) is 26.9. The van der Waals surface area contributed by atoms with Crippen LogP contribution in [0, 0.1) is 17.7 Å². The Balaban J connectivity index is 1.59. The van der Waals surface area contributed by atoms with Crippen molar-refractivity contribution in [2.75, 3.05) is 18.4 Å². The van der Waals surface area contributed by atoms with E-state index in [1.807, 2.05) is 0 Å². The van der Waals surface area contributed by atoms with E-state index < -0.39 is 21.4 Å². The van der Waals surface area contributed by atoms with Gasteiger partial charge in [0.15, 0.2) is 0 Å². The van der Waals surface area contributed by atoms with E-state index in [0.29, 0.717) is 24.2 Å². The number of carbonyl (C=O) groups is 1. The maximum Gasteiger partial charge on any atom is 0.243 e. The molecule has 1 aliphatic heterocycles. The van der Waals surface area contributed by atoms with Gasteiger partial charge in [0.2, 0.25) is 15.9 Å². The van der Waals surface area contributed by atoms with Crippen molar-refractivity contribution in [3.8, 4) is 0 Å². The molecule has 0 bridgehead atoms. The summed E-state index contributed by atoms with van der Waals surface area (Å²) in [5.41, 5.74) is -0.210. The summed E-state index contributed by atoms with van der Waals surface area (Å²) in [6.45, 7) is 1.90. The summed E-state index contributed by atoms with van der Waals surface area (Å²) < 4.78 is 41.6. The summed E-state index contributed by atoms with van der Waals surface area (Å²) in [5.74, 6) is -0.919. The number of hydrogen-bond acceptors (Lipinski definition) is 4. The minimum atomic E-state index is -3.75. The zero-order valence-electron chi connectivity index (χ0n) is 16.7. The molecule has 8 heteroatoms. The van der Waals surface area contributed by atoms with Gasteiger partial charge in [0.05, 0.1) is 10.5 Å². The van der Waals surface area contributed by atoms with E-state index in [1.165, 1.54) is 35.5 Å². The fourth-order valence-corrected chi connectivity index (χ4v) is 6.38. The molecule has 2 fully saturated rings. The number of benzene rings is 2. The molecule has 2 aromatic rings. The zero-order chi connectivity index (χ0) is 21.5. The third-order valence-corrected chi connectivity index (χ3v) is 8.14. The lowest BCUT2D eigenvalue weighted by Crippen LogP contribution is -2.43. The number of nitrogens with zero attached hydrogens (tertiary/aromatic N) is 1. The lowest BCUT2D eigenvalue weighted by Gasteiger charge is -2.41. The molecule has 1 aliphatic carbocycles. The molecule has 6 nitrogen and oxygen atoms in total. The van der Waals surface area contributed by atoms with Crippen LogP contribution in [0.2, 0.25) is 0 Å². The largest absolute Gasteiger partial charge is 0.385 e. The summed E-state index contributed by atoms with van der Waals surface area (Å²) in [6, 6.07) is 12.0. The Labute approximate surface area is 175 Å². The fraction of sp³-hybridized carbons (Fsp3) is 0.409. The van der Waals surface area contributed by atoms with Crippen molar-refractivity contribution in [3.63, 3.8) is 0 Å². The molecule has 4 rings (SSSR count). The van der Waals surface area contributed by atoms with E-state index in [9.17, 15) is 22.7 Å². The van der Waals surface area contributed by atoms with Gasteiger partial charge in [-0.15, -0.1) is 0 Å². The SMILES string of the molecule is CC(=O)Nc1ccc(S(=O)(=O)N2C[C@@H]3CCC[C@](O)(c4cccc(F)c4)[C@@H]3C2)cc1. The molecule has 1 amide bonds. The highest BCUT2D eigenvalue weighted by Crippen LogP contribution is 2.49. The Bertz CT molecular complexity index is 1060. The van der Waals surface area contributed by atoms with Crippen LogP contribution in [0.3, 0.4) is 0 Å². The molecule has 1 heterocycles. The van der Waals surface area contributed by atoms with Crippen molar-refractivity contribution in [2.24, 2.45) is 11.8 Å². The Hall–Kier alpha value is -2.29. The number of fused-ring (bicyclic) bond motifs is 1. The first-order valence-electron chi connectivity index (χ1n) is 10.1. The lowest BCUT2D eigenvalue weighted by atomic mass is 9.67. The van der Waals surface area contributed by atoms with E-state index >= 15 is 0 Å². The maximum atomic E-state index is 13.8. The van der Waals surface area contributed by atoms with Crippen molar-refractivity contribution < 1.29 is 22.7 Å². The quantitative estimate of drug-likeness (QED) is 0.777. The predicted octanol–water partition coefficient (Wildman–Crippen LogP) is 3.09. The minimum Gasteiger partial charge on any atom is -0.385 e. The van der Waals surface area contributed by atoms with E-state index in [4.69, 9.17) is 0 Å². The second-order valence-electron chi connectivity index (χ2n) is 8.22. The van der Waals surface area contributed by atoms with Crippen LogP contribution >= 0.6 is 0 Å². The lowest BCUT2D eigenvalue weighted by molar-refractivity contribution is -0.114. The third kappa shape index (κ3) is 3.75. The van der Waals surface area contributed by atoms with Gasteiger partial charge < -0.3 is 10.4 Å².